The highest BCUT2D eigenvalue weighted by atomic mass is 16.2. The van der Waals surface area contributed by atoms with Crippen molar-refractivity contribution in [2.45, 2.75) is 46.2 Å². The summed E-state index contributed by atoms with van der Waals surface area (Å²) in [6, 6.07) is 19.9. The second kappa shape index (κ2) is 8.05. The molecule has 0 saturated heterocycles. The summed E-state index contributed by atoms with van der Waals surface area (Å²) < 4.78 is 0. The fourth-order valence-electron chi connectivity index (χ4n) is 3.87. The van der Waals surface area contributed by atoms with Crippen LogP contribution in [0.25, 0.3) is 0 Å². The fourth-order valence-corrected chi connectivity index (χ4v) is 3.87. The van der Waals surface area contributed by atoms with Crippen molar-refractivity contribution in [2.75, 3.05) is 5.01 Å². The van der Waals surface area contributed by atoms with Crippen LogP contribution in [-0.4, -0.2) is 17.6 Å². The first-order valence-electron chi connectivity index (χ1n) is 9.54. The first-order chi connectivity index (χ1) is 12.9. The third kappa shape index (κ3) is 4.83. The number of nitrogens with zero attached hydrogens (tertiary/aromatic N) is 1. The zero-order valence-electron chi connectivity index (χ0n) is 16.3. The molecule has 0 aromatic heterocycles. The van der Waals surface area contributed by atoms with Gasteiger partial charge in [0.05, 0.1) is 18.2 Å². The lowest BCUT2D eigenvalue weighted by Crippen LogP contribution is -2.53. The van der Waals surface area contributed by atoms with Crippen LogP contribution in [0.15, 0.2) is 60.7 Å². The maximum absolute atomic E-state index is 12.7. The second-order valence-electron chi connectivity index (χ2n) is 8.25. The molecule has 1 aliphatic carbocycles. The maximum atomic E-state index is 12.7. The van der Waals surface area contributed by atoms with Gasteiger partial charge in [0, 0.05) is 18.9 Å². The monoisotopic (exact) mass is 364 g/mol. The molecule has 0 heterocycles. The van der Waals surface area contributed by atoms with Gasteiger partial charge in [-0.25, -0.2) is 5.43 Å². The van der Waals surface area contributed by atoms with E-state index in [1.807, 2.05) is 74.3 Å². The highest BCUT2D eigenvalue weighted by molar-refractivity contribution is 6.05. The standard InChI is InChI=1S/C23H28N2O2/c1-17(22-20(26)14-23(2,3)15-21(22)27)24-25(19-12-8-5-9-13-19)16-18-10-6-4-7-11-18/h4-13,17,22,24H,14-16H2,1-3H3. The minimum atomic E-state index is -0.583. The van der Waals surface area contributed by atoms with Gasteiger partial charge in [0.15, 0.2) is 0 Å². The molecular formula is C23H28N2O2. The van der Waals surface area contributed by atoms with Crippen molar-refractivity contribution in [3.05, 3.63) is 66.2 Å². The number of hydrogen-bond acceptors (Lipinski definition) is 4. The number of rotatable bonds is 6. The van der Waals surface area contributed by atoms with Crippen molar-refractivity contribution < 1.29 is 9.59 Å². The summed E-state index contributed by atoms with van der Waals surface area (Å²) in [6.45, 7) is 6.56. The summed E-state index contributed by atoms with van der Waals surface area (Å²) >= 11 is 0. The van der Waals surface area contributed by atoms with Gasteiger partial charge in [0.2, 0.25) is 0 Å². The molecule has 0 amide bonds. The summed E-state index contributed by atoms with van der Waals surface area (Å²) in [4.78, 5) is 25.3. The molecule has 1 N–H and O–H groups in total. The largest absolute Gasteiger partial charge is 0.304 e. The number of Topliss-reactive ketones (excluding diaryl/α,β-unsaturated/α-hetero) is 2. The summed E-state index contributed by atoms with van der Waals surface area (Å²) in [7, 11) is 0. The van der Waals surface area contributed by atoms with E-state index in [9.17, 15) is 9.59 Å². The molecule has 0 radical (unpaired) electrons. The molecule has 4 heteroatoms. The normalized spacial score (nSPS) is 18.3. The molecule has 1 atom stereocenters. The van der Waals surface area contributed by atoms with Gasteiger partial charge in [0.1, 0.15) is 11.6 Å². The van der Waals surface area contributed by atoms with Gasteiger partial charge in [-0.2, -0.15) is 0 Å². The smallest absolute Gasteiger partial charge is 0.145 e. The van der Waals surface area contributed by atoms with E-state index in [1.165, 1.54) is 0 Å². The van der Waals surface area contributed by atoms with Crippen LogP contribution >= 0.6 is 0 Å². The van der Waals surface area contributed by atoms with Gasteiger partial charge in [-0.15, -0.1) is 0 Å². The Labute approximate surface area is 161 Å². The van der Waals surface area contributed by atoms with Crippen molar-refractivity contribution in [3.63, 3.8) is 0 Å². The maximum Gasteiger partial charge on any atom is 0.145 e. The molecule has 2 aromatic carbocycles. The zero-order chi connectivity index (χ0) is 19.4. The Balaban J connectivity index is 1.79. The minimum Gasteiger partial charge on any atom is -0.304 e. The van der Waals surface area contributed by atoms with Crippen LogP contribution in [0.4, 0.5) is 5.69 Å². The lowest BCUT2D eigenvalue weighted by atomic mass is 9.70. The molecule has 142 valence electrons. The van der Waals surface area contributed by atoms with Crippen LogP contribution in [0, 0.1) is 11.3 Å². The van der Waals surface area contributed by atoms with Crippen molar-refractivity contribution in [2.24, 2.45) is 11.3 Å². The van der Waals surface area contributed by atoms with Crippen LogP contribution in [0.5, 0.6) is 0 Å². The molecule has 4 nitrogen and oxygen atoms in total. The molecule has 1 aliphatic rings. The summed E-state index contributed by atoms with van der Waals surface area (Å²) in [5.74, 6) is -0.493. The summed E-state index contributed by atoms with van der Waals surface area (Å²) in [5, 5.41) is 2.03. The molecular weight excluding hydrogens is 336 g/mol. The highest BCUT2D eigenvalue weighted by Gasteiger charge is 2.42. The van der Waals surface area contributed by atoms with Crippen LogP contribution in [0.3, 0.4) is 0 Å². The lowest BCUT2D eigenvalue weighted by molar-refractivity contribution is -0.140. The molecule has 3 rings (SSSR count). The van der Waals surface area contributed by atoms with E-state index in [1.54, 1.807) is 0 Å². The Hall–Kier alpha value is -2.46. The van der Waals surface area contributed by atoms with Crippen LogP contribution < -0.4 is 10.4 Å². The van der Waals surface area contributed by atoms with Crippen LogP contribution in [0.1, 0.15) is 39.2 Å². The van der Waals surface area contributed by atoms with Crippen LogP contribution in [-0.2, 0) is 16.1 Å². The van der Waals surface area contributed by atoms with E-state index in [0.29, 0.717) is 19.4 Å². The number of anilines is 1. The van der Waals surface area contributed by atoms with Crippen LogP contribution in [0.2, 0.25) is 0 Å². The van der Waals surface area contributed by atoms with Gasteiger partial charge in [0.25, 0.3) is 0 Å². The first kappa shape index (κ1) is 19.3. The molecule has 27 heavy (non-hydrogen) atoms. The van der Waals surface area contributed by atoms with E-state index in [2.05, 4.69) is 17.6 Å². The van der Waals surface area contributed by atoms with Crippen molar-refractivity contribution in [3.8, 4) is 0 Å². The molecule has 1 unspecified atom stereocenters. The Morgan fingerprint density at radius 3 is 2.04 bits per heavy atom. The van der Waals surface area contributed by atoms with Gasteiger partial charge >= 0.3 is 0 Å². The number of nitrogens with one attached hydrogen (secondary N) is 1. The van der Waals surface area contributed by atoms with Gasteiger partial charge < -0.3 is 5.01 Å². The second-order valence-corrected chi connectivity index (χ2v) is 8.25. The predicted octanol–water partition coefficient (Wildman–Crippen LogP) is 4.16. The minimum absolute atomic E-state index is 0.0453. The van der Waals surface area contributed by atoms with Gasteiger partial charge in [-0.3, -0.25) is 9.59 Å². The molecule has 0 aliphatic heterocycles. The van der Waals surface area contributed by atoms with Gasteiger partial charge in [-0.05, 0) is 30.0 Å². The van der Waals surface area contributed by atoms with Crippen molar-refractivity contribution >= 4 is 17.3 Å². The molecule has 2 aromatic rings. The van der Waals surface area contributed by atoms with Crippen molar-refractivity contribution in [1.29, 1.82) is 0 Å². The molecule has 1 saturated carbocycles. The van der Waals surface area contributed by atoms with Crippen molar-refractivity contribution in [1.82, 2.24) is 5.43 Å². The number of ketones is 2. The van der Waals surface area contributed by atoms with E-state index in [0.717, 1.165) is 11.3 Å². The average molecular weight is 364 g/mol. The zero-order valence-corrected chi connectivity index (χ0v) is 16.3. The highest BCUT2D eigenvalue weighted by Crippen LogP contribution is 2.35. The Morgan fingerprint density at radius 2 is 1.48 bits per heavy atom. The number of para-hydroxylation sites is 1. The Bertz CT molecular complexity index is 767. The first-order valence-corrected chi connectivity index (χ1v) is 9.54. The van der Waals surface area contributed by atoms with E-state index >= 15 is 0 Å². The third-order valence-electron chi connectivity index (χ3n) is 5.11. The number of hydrogen-bond donors (Lipinski definition) is 1. The number of carbonyl (C=O) groups is 2. The quantitative estimate of drug-likeness (QED) is 0.618. The number of hydrazine groups is 1. The summed E-state index contributed by atoms with van der Waals surface area (Å²) in [6.07, 6.45) is 0.916. The van der Waals surface area contributed by atoms with E-state index in [-0.39, 0.29) is 23.0 Å². The average Bonchev–Trinajstić information content (AvgIpc) is 2.61. The molecule has 1 fully saturated rings. The molecule has 0 bridgehead atoms. The number of benzene rings is 2. The Kier molecular flexibility index (Phi) is 5.76. The number of carbonyl (C=O) groups excluding carboxylic acids is 2. The van der Waals surface area contributed by atoms with Gasteiger partial charge in [-0.1, -0.05) is 62.4 Å². The SMILES string of the molecule is CC(NN(Cc1ccccc1)c1ccccc1)C1C(=O)CC(C)(C)CC1=O. The summed E-state index contributed by atoms with van der Waals surface area (Å²) in [5.41, 5.74) is 5.36. The third-order valence-corrected chi connectivity index (χ3v) is 5.11. The Morgan fingerprint density at radius 1 is 0.963 bits per heavy atom. The van der Waals surface area contributed by atoms with E-state index < -0.39 is 5.92 Å². The van der Waals surface area contributed by atoms with E-state index in [4.69, 9.17) is 0 Å². The molecule has 0 spiro atoms. The fraction of sp³-hybridized carbons (Fsp3) is 0.391. The predicted molar refractivity (Wildman–Crippen MR) is 108 cm³/mol. The topological polar surface area (TPSA) is 49.4 Å². The lowest BCUT2D eigenvalue weighted by Gasteiger charge is -2.37.